The lowest BCUT2D eigenvalue weighted by Gasteiger charge is -2.11. The van der Waals surface area contributed by atoms with Crippen molar-refractivity contribution in [1.29, 1.82) is 0 Å². The molecule has 0 bridgehead atoms. The number of hydrogen-bond donors (Lipinski definition) is 2. The van der Waals surface area contributed by atoms with Crippen molar-refractivity contribution in [2.45, 2.75) is 11.8 Å². The minimum Gasteiger partial charge on any atom is -0.478 e. The summed E-state index contributed by atoms with van der Waals surface area (Å²) in [6.07, 6.45) is 2.77. The Kier molecular flexibility index (Phi) is 3.90. The van der Waals surface area contributed by atoms with Crippen LogP contribution in [0.4, 0.5) is 10.1 Å². The van der Waals surface area contributed by atoms with Crippen LogP contribution in [0.3, 0.4) is 0 Å². The highest BCUT2D eigenvalue weighted by Gasteiger charge is 2.22. The number of hydrogen-bond acceptors (Lipinski definition) is 4. The molecule has 0 saturated heterocycles. The molecule has 0 spiro atoms. The third-order valence-electron chi connectivity index (χ3n) is 2.75. The standard InChI is InChI=1S/C13H11FN2O4S/c1-8-4-5-15-7-11(8)16-21(19,20)12-6-9(13(17)18)2-3-10(12)14/h2-7,16H,1H3,(H,17,18). The largest absolute Gasteiger partial charge is 0.478 e. The van der Waals surface area contributed by atoms with Gasteiger partial charge in [-0.15, -0.1) is 0 Å². The van der Waals surface area contributed by atoms with E-state index < -0.39 is 26.7 Å². The summed E-state index contributed by atoms with van der Waals surface area (Å²) < 4.78 is 40.2. The highest BCUT2D eigenvalue weighted by Crippen LogP contribution is 2.21. The molecule has 1 aromatic carbocycles. The van der Waals surface area contributed by atoms with Gasteiger partial charge >= 0.3 is 5.97 Å². The number of nitrogens with zero attached hydrogens (tertiary/aromatic N) is 1. The summed E-state index contributed by atoms with van der Waals surface area (Å²) in [5, 5.41) is 8.85. The molecule has 0 aliphatic carbocycles. The van der Waals surface area contributed by atoms with Gasteiger partial charge in [0.05, 0.1) is 17.4 Å². The van der Waals surface area contributed by atoms with Gasteiger partial charge in [-0.2, -0.15) is 0 Å². The number of carboxylic acids is 1. The fraction of sp³-hybridized carbons (Fsp3) is 0.0769. The topological polar surface area (TPSA) is 96.4 Å². The number of pyridine rings is 1. The monoisotopic (exact) mass is 310 g/mol. The molecule has 0 unspecified atom stereocenters. The lowest BCUT2D eigenvalue weighted by atomic mass is 10.2. The number of benzene rings is 1. The number of nitrogens with one attached hydrogen (secondary N) is 1. The SMILES string of the molecule is Cc1ccncc1NS(=O)(=O)c1cc(C(=O)O)ccc1F. The molecule has 2 aromatic rings. The van der Waals surface area contributed by atoms with Crippen LogP contribution in [0.5, 0.6) is 0 Å². The lowest BCUT2D eigenvalue weighted by molar-refractivity contribution is 0.0696. The highest BCUT2D eigenvalue weighted by molar-refractivity contribution is 7.92. The molecule has 2 rings (SSSR count). The summed E-state index contributed by atoms with van der Waals surface area (Å²) in [7, 11) is -4.25. The van der Waals surface area contributed by atoms with Crippen LogP contribution in [0, 0.1) is 12.7 Å². The Bertz CT molecular complexity index is 806. The fourth-order valence-corrected chi connectivity index (χ4v) is 2.83. The van der Waals surface area contributed by atoms with Crippen LogP contribution in [0.1, 0.15) is 15.9 Å². The van der Waals surface area contributed by atoms with Crippen LogP contribution in [-0.2, 0) is 10.0 Å². The zero-order valence-electron chi connectivity index (χ0n) is 10.9. The minimum absolute atomic E-state index is 0.192. The smallest absolute Gasteiger partial charge is 0.335 e. The van der Waals surface area contributed by atoms with E-state index in [1.165, 1.54) is 12.4 Å². The van der Waals surface area contributed by atoms with Gasteiger partial charge in [-0.25, -0.2) is 17.6 Å². The van der Waals surface area contributed by atoms with E-state index >= 15 is 0 Å². The van der Waals surface area contributed by atoms with Crippen LogP contribution in [0.15, 0.2) is 41.6 Å². The first-order valence-corrected chi connectivity index (χ1v) is 7.26. The maximum absolute atomic E-state index is 13.7. The Morgan fingerprint density at radius 1 is 1.33 bits per heavy atom. The molecule has 21 heavy (non-hydrogen) atoms. The van der Waals surface area contributed by atoms with Gasteiger partial charge in [0.1, 0.15) is 10.7 Å². The summed E-state index contributed by atoms with van der Waals surface area (Å²) in [5.74, 6) is -2.38. The van der Waals surface area contributed by atoms with E-state index in [0.29, 0.717) is 5.56 Å². The van der Waals surface area contributed by atoms with Gasteiger partial charge in [-0.05, 0) is 36.8 Å². The van der Waals surface area contributed by atoms with Crippen LogP contribution in [0.25, 0.3) is 0 Å². The maximum atomic E-state index is 13.7. The summed E-state index contributed by atoms with van der Waals surface area (Å²) >= 11 is 0. The number of anilines is 1. The van der Waals surface area contributed by atoms with Crippen LogP contribution in [-0.4, -0.2) is 24.5 Å². The first-order chi connectivity index (χ1) is 9.81. The average molecular weight is 310 g/mol. The normalized spacial score (nSPS) is 11.1. The first kappa shape index (κ1) is 14.9. The molecule has 0 atom stereocenters. The molecular formula is C13H11FN2O4S. The molecule has 6 nitrogen and oxygen atoms in total. The fourth-order valence-electron chi connectivity index (χ4n) is 1.61. The zero-order chi connectivity index (χ0) is 15.6. The number of carbonyl (C=O) groups is 1. The van der Waals surface area contributed by atoms with Crippen molar-refractivity contribution in [3.05, 3.63) is 53.6 Å². The first-order valence-electron chi connectivity index (χ1n) is 5.77. The Morgan fingerprint density at radius 2 is 2.05 bits per heavy atom. The van der Waals surface area contributed by atoms with Crippen molar-refractivity contribution in [2.75, 3.05) is 4.72 Å². The van der Waals surface area contributed by atoms with Gasteiger partial charge in [0, 0.05) is 6.20 Å². The van der Waals surface area contributed by atoms with E-state index in [4.69, 9.17) is 5.11 Å². The van der Waals surface area contributed by atoms with Gasteiger partial charge in [0.25, 0.3) is 10.0 Å². The summed E-state index contributed by atoms with van der Waals surface area (Å²) in [6.45, 7) is 1.66. The average Bonchev–Trinajstić information content (AvgIpc) is 2.41. The predicted octanol–water partition coefficient (Wildman–Crippen LogP) is 2.03. The van der Waals surface area contributed by atoms with E-state index in [9.17, 15) is 17.6 Å². The predicted molar refractivity (Wildman–Crippen MR) is 73.1 cm³/mol. The number of sulfonamides is 1. The van der Waals surface area contributed by atoms with E-state index in [-0.39, 0.29) is 11.3 Å². The molecule has 0 fully saturated rings. The van der Waals surface area contributed by atoms with Crippen LogP contribution in [0.2, 0.25) is 0 Å². The Balaban J connectivity index is 2.47. The van der Waals surface area contributed by atoms with Gasteiger partial charge in [0.2, 0.25) is 0 Å². The number of rotatable bonds is 4. The van der Waals surface area contributed by atoms with E-state index in [1.807, 2.05) is 0 Å². The summed E-state index contributed by atoms with van der Waals surface area (Å²) in [5.41, 5.74) is 0.473. The molecule has 0 radical (unpaired) electrons. The van der Waals surface area contributed by atoms with Crippen molar-refractivity contribution in [3.8, 4) is 0 Å². The molecule has 0 amide bonds. The molecule has 0 saturated carbocycles. The molecule has 1 heterocycles. The maximum Gasteiger partial charge on any atom is 0.335 e. The molecule has 2 N–H and O–H groups in total. The molecule has 110 valence electrons. The van der Waals surface area contributed by atoms with Crippen molar-refractivity contribution >= 4 is 21.7 Å². The Hall–Kier alpha value is -2.48. The molecule has 0 aliphatic heterocycles. The van der Waals surface area contributed by atoms with Gasteiger partial charge in [0.15, 0.2) is 0 Å². The van der Waals surface area contributed by atoms with Crippen LogP contribution >= 0.6 is 0 Å². The molecule has 1 aromatic heterocycles. The van der Waals surface area contributed by atoms with E-state index in [0.717, 1.165) is 18.2 Å². The lowest BCUT2D eigenvalue weighted by Crippen LogP contribution is -2.16. The number of aromatic nitrogens is 1. The second-order valence-electron chi connectivity index (χ2n) is 4.25. The molecule has 0 aliphatic rings. The van der Waals surface area contributed by atoms with Gasteiger partial charge in [-0.3, -0.25) is 9.71 Å². The van der Waals surface area contributed by atoms with Crippen molar-refractivity contribution in [3.63, 3.8) is 0 Å². The third-order valence-corrected chi connectivity index (χ3v) is 4.13. The second kappa shape index (κ2) is 5.49. The minimum atomic E-state index is -4.25. The van der Waals surface area contributed by atoms with Crippen LogP contribution < -0.4 is 4.72 Å². The molecular weight excluding hydrogens is 299 g/mol. The van der Waals surface area contributed by atoms with Gasteiger partial charge < -0.3 is 5.11 Å². The van der Waals surface area contributed by atoms with E-state index in [2.05, 4.69) is 9.71 Å². The number of halogens is 1. The summed E-state index contributed by atoms with van der Waals surface area (Å²) in [4.78, 5) is 13.9. The Labute approximate surface area is 120 Å². The molecule has 8 heteroatoms. The number of carboxylic acid groups (broad SMARTS) is 1. The van der Waals surface area contributed by atoms with Crippen molar-refractivity contribution in [2.24, 2.45) is 0 Å². The van der Waals surface area contributed by atoms with E-state index in [1.54, 1.807) is 13.0 Å². The highest BCUT2D eigenvalue weighted by atomic mass is 32.2. The zero-order valence-corrected chi connectivity index (χ0v) is 11.7. The van der Waals surface area contributed by atoms with Crippen molar-refractivity contribution < 1.29 is 22.7 Å². The second-order valence-corrected chi connectivity index (χ2v) is 5.90. The Morgan fingerprint density at radius 3 is 2.67 bits per heavy atom. The van der Waals surface area contributed by atoms with Gasteiger partial charge in [-0.1, -0.05) is 0 Å². The quantitative estimate of drug-likeness (QED) is 0.900. The van der Waals surface area contributed by atoms with Crippen molar-refractivity contribution in [1.82, 2.24) is 4.98 Å². The summed E-state index contributed by atoms with van der Waals surface area (Å²) in [6, 6.07) is 4.15. The third kappa shape index (κ3) is 3.16. The number of aromatic carboxylic acids is 1. The number of aryl methyl sites for hydroxylation is 1.